The zero-order valence-corrected chi connectivity index (χ0v) is 17.7. The molecule has 0 bridgehead atoms. The van der Waals surface area contributed by atoms with E-state index in [9.17, 15) is 4.79 Å². The largest absolute Gasteiger partial charge is 0.493 e. The fraction of sp³-hybridized carbons (Fsp3) is 0.435. The highest BCUT2D eigenvalue weighted by molar-refractivity contribution is 5.79. The lowest BCUT2D eigenvalue weighted by molar-refractivity contribution is -0.138. The van der Waals surface area contributed by atoms with E-state index in [1.54, 1.807) is 21.3 Å². The molecule has 2 aromatic carbocycles. The molecule has 1 heterocycles. The summed E-state index contributed by atoms with van der Waals surface area (Å²) in [5.74, 6) is 2.67. The third kappa shape index (κ3) is 4.26. The van der Waals surface area contributed by atoms with Gasteiger partial charge in [0, 0.05) is 12.5 Å². The summed E-state index contributed by atoms with van der Waals surface area (Å²) < 4.78 is 22.5. The van der Waals surface area contributed by atoms with Gasteiger partial charge in [0.25, 0.3) is 0 Å². The Balaban J connectivity index is 1.97. The molecule has 6 heteroatoms. The van der Waals surface area contributed by atoms with Gasteiger partial charge in [-0.25, -0.2) is 0 Å². The molecule has 0 aliphatic carbocycles. The number of carbonyl (C=O) groups excluding carboxylic acids is 1. The zero-order valence-electron chi connectivity index (χ0n) is 17.7. The molecule has 1 aliphatic rings. The third-order valence-electron chi connectivity index (χ3n) is 5.25. The van der Waals surface area contributed by atoms with Gasteiger partial charge in [0.05, 0.1) is 27.4 Å². The smallest absolute Gasteiger partial charge is 0.225 e. The van der Waals surface area contributed by atoms with Gasteiger partial charge in [-0.05, 0) is 41.8 Å². The van der Waals surface area contributed by atoms with Gasteiger partial charge in [0.15, 0.2) is 23.0 Å². The topological polar surface area (TPSA) is 57.2 Å². The first-order valence-electron chi connectivity index (χ1n) is 9.81. The Morgan fingerprint density at radius 2 is 1.62 bits per heavy atom. The molecule has 0 N–H and O–H groups in total. The lowest BCUT2D eigenvalue weighted by atomic mass is 9.91. The molecule has 0 saturated carbocycles. The first-order chi connectivity index (χ1) is 14.0. The van der Waals surface area contributed by atoms with Crippen molar-refractivity contribution in [3.8, 4) is 23.0 Å². The highest BCUT2D eigenvalue weighted by Crippen LogP contribution is 2.39. The van der Waals surface area contributed by atoms with Crippen LogP contribution in [0.15, 0.2) is 36.4 Å². The van der Waals surface area contributed by atoms with Crippen molar-refractivity contribution in [1.29, 1.82) is 0 Å². The van der Waals surface area contributed by atoms with Crippen LogP contribution in [0.3, 0.4) is 0 Å². The van der Waals surface area contributed by atoms with E-state index in [1.165, 1.54) is 0 Å². The molecule has 3 rings (SSSR count). The van der Waals surface area contributed by atoms with E-state index in [4.69, 9.17) is 18.9 Å². The summed E-state index contributed by atoms with van der Waals surface area (Å²) in [5, 5.41) is 0. The summed E-state index contributed by atoms with van der Waals surface area (Å²) in [6.07, 6.45) is 0.763. The van der Waals surface area contributed by atoms with Gasteiger partial charge in [0.1, 0.15) is 6.61 Å². The van der Waals surface area contributed by atoms with Crippen LogP contribution >= 0.6 is 0 Å². The number of fused-ring (bicyclic) bond motifs is 1. The molecule has 0 radical (unpaired) electrons. The number of hydrogen-bond acceptors (Lipinski definition) is 5. The maximum absolute atomic E-state index is 12.9. The number of ether oxygens (including phenoxy) is 4. The minimum Gasteiger partial charge on any atom is -0.493 e. The van der Waals surface area contributed by atoms with Crippen LogP contribution in [0.4, 0.5) is 0 Å². The highest BCUT2D eigenvalue weighted by Gasteiger charge is 2.33. The van der Waals surface area contributed by atoms with E-state index < -0.39 is 0 Å². The summed E-state index contributed by atoms with van der Waals surface area (Å²) in [6.45, 7) is 4.80. The minimum atomic E-state index is -0.224. The summed E-state index contributed by atoms with van der Waals surface area (Å²) in [5.41, 5.74) is 2.17. The van der Waals surface area contributed by atoms with Crippen molar-refractivity contribution in [3.63, 3.8) is 0 Å². The van der Waals surface area contributed by atoms with E-state index >= 15 is 0 Å². The molecule has 0 aromatic heterocycles. The number of amides is 1. The Kier molecular flexibility index (Phi) is 6.52. The predicted molar refractivity (Wildman–Crippen MR) is 111 cm³/mol. The molecule has 6 nitrogen and oxygen atoms in total. The van der Waals surface area contributed by atoms with E-state index in [0.29, 0.717) is 36.1 Å². The van der Waals surface area contributed by atoms with Crippen LogP contribution in [-0.4, -0.2) is 45.3 Å². The zero-order chi connectivity index (χ0) is 21.0. The van der Waals surface area contributed by atoms with E-state index in [1.807, 2.05) is 55.1 Å². The number of rotatable bonds is 7. The Labute approximate surface area is 172 Å². The monoisotopic (exact) mass is 399 g/mol. The van der Waals surface area contributed by atoms with Crippen molar-refractivity contribution in [2.45, 2.75) is 26.3 Å². The summed E-state index contributed by atoms with van der Waals surface area (Å²) in [7, 11) is 4.86. The van der Waals surface area contributed by atoms with Crippen molar-refractivity contribution in [2.24, 2.45) is 5.92 Å². The fourth-order valence-corrected chi connectivity index (χ4v) is 3.71. The standard InChI is InChI=1S/C23H29NO5/c1-15(2)23(25)24-11-10-16-12-21(27-4)22(28-5)13-17(16)18(24)14-29-20-9-7-6-8-19(20)26-3/h6-9,12-13,15,18H,10-11,14H2,1-5H3/t18-/m1/s1. The molecular formula is C23H29NO5. The van der Waals surface area contributed by atoms with Crippen LogP contribution in [0.1, 0.15) is 31.0 Å². The second-order valence-electron chi connectivity index (χ2n) is 7.32. The number of nitrogens with zero attached hydrogens (tertiary/aromatic N) is 1. The second-order valence-corrected chi connectivity index (χ2v) is 7.32. The first-order valence-corrected chi connectivity index (χ1v) is 9.81. The van der Waals surface area contributed by atoms with Gasteiger partial charge < -0.3 is 23.8 Å². The maximum Gasteiger partial charge on any atom is 0.225 e. The van der Waals surface area contributed by atoms with Crippen LogP contribution in [0.2, 0.25) is 0 Å². The van der Waals surface area contributed by atoms with Crippen LogP contribution in [-0.2, 0) is 11.2 Å². The van der Waals surface area contributed by atoms with Crippen LogP contribution in [0, 0.1) is 5.92 Å². The number of hydrogen-bond donors (Lipinski definition) is 0. The number of methoxy groups -OCH3 is 3. The van der Waals surface area contributed by atoms with Gasteiger partial charge in [0.2, 0.25) is 5.91 Å². The lowest BCUT2D eigenvalue weighted by Gasteiger charge is -2.38. The van der Waals surface area contributed by atoms with Gasteiger partial charge in [-0.2, -0.15) is 0 Å². The SMILES string of the molecule is COc1cc2c(cc1OC)[C@@H](COc1ccccc1OC)N(C(=O)C(C)C)CC2. The third-order valence-corrected chi connectivity index (χ3v) is 5.25. The predicted octanol–water partition coefficient (Wildman–Crippen LogP) is 3.87. The number of carbonyl (C=O) groups is 1. The normalized spacial score (nSPS) is 15.7. The average molecular weight is 399 g/mol. The average Bonchev–Trinajstić information content (AvgIpc) is 2.75. The lowest BCUT2D eigenvalue weighted by Crippen LogP contribution is -2.44. The molecule has 0 saturated heterocycles. The van der Waals surface area contributed by atoms with Gasteiger partial charge in [-0.3, -0.25) is 4.79 Å². The molecule has 29 heavy (non-hydrogen) atoms. The molecule has 2 aromatic rings. The van der Waals surface area contributed by atoms with E-state index in [2.05, 4.69) is 0 Å². The Morgan fingerprint density at radius 1 is 1.00 bits per heavy atom. The molecule has 1 amide bonds. The summed E-state index contributed by atoms with van der Waals surface area (Å²) in [4.78, 5) is 14.8. The molecule has 156 valence electrons. The van der Waals surface area contributed by atoms with E-state index in [-0.39, 0.29) is 17.9 Å². The Hall–Kier alpha value is -2.89. The van der Waals surface area contributed by atoms with Crippen LogP contribution in [0.5, 0.6) is 23.0 Å². The van der Waals surface area contributed by atoms with E-state index in [0.717, 1.165) is 17.5 Å². The van der Waals surface area contributed by atoms with Gasteiger partial charge >= 0.3 is 0 Å². The Morgan fingerprint density at radius 3 is 2.24 bits per heavy atom. The first kappa shape index (κ1) is 20.8. The van der Waals surface area contributed by atoms with Crippen molar-refractivity contribution in [1.82, 2.24) is 4.90 Å². The molecule has 0 unspecified atom stereocenters. The highest BCUT2D eigenvalue weighted by atomic mass is 16.5. The summed E-state index contributed by atoms with van der Waals surface area (Å²) >= 11 is 0. The number of benzene rings is 2. The van der Waals surface area contributed by atoms with Crippen molar-refractivity contribution >= 4 is 5.91 Å². The van der Waals surface area contributed by atoms with Crippen molar-refractivity contribution in [3.05, 3.63) is 47.5 Å². The molecule has 0 fully saturated rings. The molecular weight excluding hydrogens is 370 g/mol. The second kappa shape index (κ2) is 9.07. The van der Waals surface area contributed by atoms with Gasteiger partial charge in [-0.1, -0.05) is 26.0 Å². The van der Waals surface area contributed by atoms with Crippen LogP contribution < -0.4 is 18.9 Å². The summed E-state index contributed by atoms with van der Waals surface area (Å²) in [6, 6.07) is 11.3. The maximum atomic E-state index is 12.9. The Bertz CT molecular complexity index is 864. The van der Waals surface area contributed by atoms with Gasteiger partial charge in [-0.15, -0.1) is 0 Å². The number of para-hydroxylation sites is 2. The van der Waals surface area contributed by atoms with Crippen molar-refractivity contribution < 1.29 is 23.7 Å². The molecule has 1 atom stereocenters. The fourth-order valence-electron chi connectivity index (χ4n) is 3.71. The van der Waals surface area contributed by atoms with Crippen molar-refractivity contribution in [2.75, 3.05) is 34.5 Å². The molecule has 0 spiro atoms. The quantitative estimate of drug-likeness (QED) is 0.707. The van der Waals surface area contributed by atoms with Crippen LogP contribution in [0.25, 0.3) is 0 Å². The minimum absolute atomic E-state index is 0.0922. The molecule has 1 aliphatic heterocycles.